The second-order valence-corrected chi connectivity index (χ2v) is 4.52. The molecule has 88 valence electrons. The highest BCUT2D eigenvalue weighted by Crippen LogP contribution is 2.29. The van der Waals surface area contributed by atoms with Gasteiger partial charge in [-0.05, 0) is 19.1 Å². The van der Waals surface area contributed by atoms with Gasteiger partial charge in [0.2, 0.25) is 0 Å². The third kappa shape index (κ3) is 3.04. The van der Waals surface area contributed by atoms with E-state index in [1.54, 1.807) is 6.92 Å². The molecule has 0 saturated carbocycles. The quantitative estimate of drug-likeness (QED) is 0.905. The van der Waals surface area contributed by atoms with E-state index >= 15 is 0 Å². The fraction of sp³-hybridized carbons (Fsp3) is 0.167. The fourth-order valence-corrected chi connectivity index (χ4v) is 2.26. The number of carboxylic acid groups (broad SMARTS) is 1. The highest BCUT2D eigenvalue weighted by atomic mass is 32.1. The van der Waals surface area contributed by atoms with E-state index in [2.05, 4.69) is 4.98 Å². The minimum atomic E-state index is -0.858. The van der Waals surface area contributed by atoms with Crippen molar-refractivity contribution in [3.8, 4) is 10.9 Å². The molecule has 0 atom stereocenters. The van der Waals surface area contributed by atoms with Crippen LogP contribution in [-0.4, -0.2) is 16.1 Å². The summed E-state index contributed by atoms with van der Waals surface area (Å²) >= 11 is 1.27. The molecule has 0 unspecified atom stereocenters. The van der Waals surface area contributed by atoms with Gasteiger partial charge in [0.15, 0.2) is 0 Å². The molecule has 0 radical (unpaired) electrons. The molecule has 1 aromatic carbocycles. The van der Waals surface area contributed by atoms with Gasteiger partial charge in [-0.2, -0.15) is 0 Å². The van der Waals surface area contributed by atoms with Gasteiger partial charge in [0.1, 0.15) is 5.75 Å². The molecular weight excluding hydrogens is 238 g/mol. The van der Waals surface area contributed by atoms with Crippen LogP contribution in [0.2, 0.25) is 0 Å². The molecule has 17 heavy (non-hydrogen) atoms. The van der Waals surface area contributed by atoms with Crippen LogP contribution in [0.1, 0.15) is 10.6 Å². The Kier molecular flexibility index (Phi) is 3.39. The number of aliphatic carboxylic acids is 1. The second-order valence-electron chi connectivity index (χ2n) is 3.47. The number of nitrogens with zero attached hydrogens (tertiary/aromatic N) is 1. The third-order valence-corrected chi connectivity index (χ3v) is 3.17. The average molecular weight is 249 g/mol. The Morgan fingerprint density at radius 2 is 2.12 bits per heavy atom. The molecule has 0 amide bonds. The molecule has 1 heterocycles. The predicted molar refractivity (Wildman–Crippen MR) is 64.7 cm³/mol. The Morgan fingerprint density at radius 3 is 2.76 bits per heavy atom. The summed E-state index contributed by atoms with van der Waals surface area (Å²) in [5, 5.41) is 9.21. The van der Waals surface area contributed by atoms with Gasteiger partial charge in [-0.15, -0.1) is 0 Å². The van der Waals surface area contributed by atoms with Gasteiger partial charge < -0.3 is 9.84 Å². The third-order valence-electron chi connectivity index (χ3n) is 2.13. The van der Waals surface area contributed by atoms with Crippen molar-refractivity contribution in [2.75, 3.05) is 0 Å². The molecule has 0 fully saturated rings. The molecule has 2 aromatic rings. The first kappa shape index (κ1) is 11.6. The topological polar surface area (TPSA) is 59.4 Å². The SMILES string of the molecule is Cc1nc(Oc2ccccc2)sc1CC(=O)O. The largest absolute Gasteiger partial charge is 0.481 e. The minimum absolute atomic E-state index is 0.0123. The Labute approximate surface area is 103 Å². The van der Waals surface area contributed by atoms with Crippen molar-refractivity contribution < 1.29 is 14.6 Å². The minimum Gasteiger partial charge on any atom is -0.481 e. The number of hydrogen-bond acceptors (Lipinski definition) is 4. The molecule has 1 N–H and O–H groups in total. The number of rotatable bonds is 4. The summed E-state index contributed by atoms with van der Waals surface area (Å²) in [5.41, 5.74) is 0.711. The average Bonchev–Trinajstić information content (AvgIpc) is 2.59. The van der Waals surface area contributed by atoms with Crippen molar-refractivity contribution in [2.45, 2.75) is 13.3 Å². The number of hydrogen-bond donors (Lipinski definition) is 1. The lowest BCUT2D eigenvalue weighted by Gasteiger charge is -1.99. The van der Waals surface area contributed by atoms with Crippen LogP contribution >= 0.6 is 11.3 Å². The Balaban J connectivity index is 2.15. The van der Waals surface area contributed by atoms with Gasteiger partial charge in [0.05, 0.1) is 12.1 Å². The zero-order valence-electron chi connectivity index (χ0n) is 9.21. The normalized spacial score (nSPS) is 10.2. The molecule has 0 aliphatic rings. The molecule has 0 spiro atoms. The highest BCUT2D eigenvalue weighted by molar-refractivity contribution is 7.13. The molecule has 0 aliphatic heterocycles. The number of benzene rings is 1. The van der Waals surface area contributed by atoms with Crippen LogP contribution < -0.4 is 4.74 Å². The van der Waals surface area contributed by atoms with Crippen LogP contribution in [0.5, 0.6) is 10.9 Å². The maximum absolute atomic E-state index is 10.6. The summed E-state index contributed by atoms with van der Waals surface area (Å²) in [4.78, 5) is 15.5. The van der Waals surface area contributed by atoms with E-state index < -0.39 is 5.97 Å². The van der Waals surface area contributed by atoms with Crippen LogP contribution in [-0.2, 0) is 11.2 Å². The Morgan fingerprint density at radius 1 is 1.41 bits per heavy atom. The van der Waals surface area contributed by atoms with Gasteiger partial charge in [0, 0.05) is 4.88 Å². The first-order valence-corrected chi connectivity index (χ1v) is 5.88. The maximum atomic E-state index is 10.6. The summed E-state index contributed by atoms with van der Waals surface area (Å²) in [5.74, 6) is -0.161. The molecule has 4 nitrogen and oxygen atoms in total. The lowest BCUT2D eigenvalue weighted by atomic mass is 10.3. The number of thiazole rings is 1. The molecule has 0 aliphatic carbocycles. The zero-order valence-corrected chi connectivity index (χ0v) is 10.0. The predicted octanol–water partition coefficient (Wildman–Crippen LogP) is 2.87. The summed E-state index contributed by atoms with van der Waals surface area (Å²) in [6.45, 7) is 1.78. The number of para-hydroxylation sites is 1. The lowest BCUT2D eigenvalue weighted by molar-refractivity contribution is -0.136. The molecule has 1 aromatic heterocycles. The van der Waals surface area contributed by atoms with Crippen LogP contribution in [0.25, 0.3) is 0 Å². The first-order valence-electron chi connectivity index (χ1n) is 5.06. The summed E-state index contributed by atoms with van der Waals surface area (Å²) in [6, 6.07) is 9.29. The second kappa shape index (κ2) is 4.97. The number of carboxylic acids is 1. The summed E-state index contributed by atoms with van der Waals surface area (Å²) < 4.78 is 5.54. The highest BCUT2D eigenvalue weighted by Gasteiger charge is 2.12. The molecule has 0 saturated heterocycles. The van der Waals surface area contributed by atoms with Crippen molar-refractivity contribution in [2.24, 2.45) is 0 Å². The van der Waals surface area contributed by atoms with E-state index in [9.17, 15) is 4.79 Å². The van der Waals surface area contributed by atoms with Crippen molar-refractivity contribution in [1.82, 2.24) is 4.98 Å². The molecule has 2 rings (SSSR count). The molecule has 5 heteroatoms. The van der Waals surface area contributed by atoms with Crippen LogP contribution in [0.3, 0.4) is 0 Å². The number of aryl methyl sites for hydroxylation is 1. The van der Waals surface area contributed by atoms with Gasteiger partial charge in [0.25, 0.3) is 5.19 Å². The van der Waals surface area contributed by atoms with Crippen molar-refractivity contribution in [3.05, 3.63) is 40.9 Å². The van der Waals surface area contributed by atoms with Gasteiger partial charge in [-0.25, -0.2) is 4.98 Å². The maximum Gasteiger partial charge on any atom is 0.308 e. The molecule has 0 bridgehead atoms. The van der Waals surface area contributed by atoms with E-state index in [-0.39, 0.29) is 6.42 Å². The van der Waals surface area contributed by atoms with E-state index in [1.807, 2.05) is 30.3 Å². The zero-order chi connectivity index (χ0) is 12.3. The molecular formula is C12H11NO3S. The number of aromatic nitrogens is 1. The standard InChI is InChI=1S/C12H11NO3S/c1-8-10(7-11(14)15)17-12(13-8)16-9-5-3-2-4-6-9/h2-6H,7H2,1H3,(H,14,15). The van der Waals surface area contributed by atoms with Crippen LogP contribution in [0, 0.1) is 6.92 Å². The first-order chi connectivity index (χ1) is 8.15. The fourth-order valence-electron chi connectivity index (χ4n) is 1.34. The van der Waals surface area contributed by atoms with Crippen LogP contribution in [0.4, 0.5) is 0 Å². The summed E-state index contributed by atoms with van der Waals surface area (Å²) in [7, 11) is 0. The van der Waals surface area contributed by atoms with Crippen molar-refractivity contribution in [1.29, 1.82) is 0 Å². The van der Waals surface area contributed by atoms with Crippen molar-refractivity contribution >= 4 is 17.3 Å². The number of ether oxygens (including phenoxy) is 1. The Bertz CT molecular complexity index is 522. The lowest BCUT2D eigenvalue weighted by Crippen LogP contribution is -1.99. The van der Waals surface area contributed by atoms with Gasteiger partial charge in [-0.3, -0.25) is 4.79 Å². The summed E-state index contributed by atoms with van der Waals surface area (Å²) in [6.07, 6.45) is -0.0123. The van der Waals surface area contributed by atoms with E-state index in [4.69, 9.17) is 9.84 Å². The van der Waals surface area contributed by atoms with Gasteiger partial charge in [-0.1, -0.05) is 29.5 Å². The van der Waals surface area contributed by atoms with E-state index in [0.29, 0.717) is 16.6 Å². The smallest absolute Gasteiger partial charge is 0.308 e. The Hall–Kier alpha value is -1.88. The van der Waals surface area contributed by atoms with Crippen LogP contribution in [0.15, 0.2) is 30.3 Å². The van der Waals surface area contributed by atoms with Gasteiger partial charge >= 0.3 is 5.97 Å². The monoisotopic (exact) mass is 249 g/mol. The van der Waals surface area contributed by atoms with E-state index in [1.165, 1.54) is 11.3 Å². The van der Waals surface area contributed by atoms with E-state index in [0.717, 1.165) is 4.88 Å². The number of carbonyl (C=O) groups is 1. The van der Waals surface area contributed by atoms with Crippen molar-refractivity contribution in [3.63, 3.8) is 0 Å².